The Bertz CT molecular complexity index is 510. The first-order chi connectivity index (χ1) is 8.86. The number of nitrogens with two attached hydrogens (primary N) is 1. The predicted octanol–water partition coefficient (Wildman–Crippen LogP) is 2.31. The van der Waals surface area contributed by atoms with Gasteiger partial charge in [0.25, 0.3) is 11.6 Å². The number of hydrogen-bond donors (Lipinski definition) is 2. The molecule has 1 rings (SSSR count). The molecule has 0 heterocycles. The zero-order valence-electron chi connectivity index (χ0n) is 10.5. The number of amides is 1. The molecule has 0 saturated heterocycles. The molecule has 3 N–H and O–H groups in total. The molecule has 104 valence electrons. The van der Waals surface area contributed by atoms with E-state index in [9.17, 15) is 14.9 Å². The Hall–Kier alpha value is -1.47. The highest BCUT2D eigenvalue weighted by Crippen LogP contribution is 2.30. The molecule has 0 saturated carbocycles. The van der Waals surface area contributed by atoms with E-state index in [0.29, 0.717) is 6.54 Å². The van der Waals surface area contributed by atoms with Crippen LogP contribution in [0.1, 0.15) is 17.3 Å². The molecule has 1 atom stereocenters. The molecule has 19 heavy (non-hydrogen) atoms. The molecule has 1 aromatic rings. The van der Waals surface area contributed by atoms with Crippen molar-refractivity contribution in [2.24, 2.45) is 0 Å². The van der Waals surface area contributed by atoms with Crippen molar-refractivity contribution < 1.29 is 9.72 Å². The fourth-order valence-electron chi connectivity index (χ4n) is 1.31. The molecule has 8 heteroatoms. The summed E-state index contributed by atoms with van der Waals surface area (Å²) >= 11 is 7.39. The summed E-state index contributed by atoms with van der Waals surface area (Å²) in [6.45, 7) is 2.43. The van der Waals surface area contributed by atoms with E-state index in [2.05, 4.69) is 5.32 Å². The number of anilines is 1. The van der Waals surface area contributed by atoms with Crippen molar-refractivity contribution in [2.45, 2.75) is 12.2 Å². The number of nitro groups is 1. The van der Waals surface area contributed by atoms with E-state index >= 15 is 0 Å². The molecule has 1 aromatic carbocycles. The number of carbonyl (C=O) groups is 1. The molecule has 0 fully saturated rings. The van der Waals surface area contributed by atoms with E-state index in [0.717, 1.165) is 6.07 Å². The van der Waals surface area contributed by atoms with Crippen LogP contribution in [-0.4, -0.2) is 28.9 Å². The monoisotopic (exact) mass is 303 g/mol. The highest BCUT2D eigenvalue weighted by Gasteiger charge is 2.19. The Morgan fingerprint density at radius 2 is 2.26 bits per heavy atom. The highest BCUT2D eigenvalue weighted by atomic mass is 35.5. The van der Waals surface area contributed by atoms with Crippen molar-refractivity contribution in [1.29, 1.82) is 0 Å². The van der Waals surface area contributed by atoms with Gasteiger partial charge in [-0.15, -0.1) is 0 Å². The van der Waals surface area contributed by atoms with Crippen LogP contribution in [0.4, 0.5) is 11.4 Å². The molecule has 1 amide bonds. The summed E-state index contributed by atoms with van der Waals surface area (Å²) in [6, 6.07) is 2.45. The van der Waals surface area contributed by atoms with Crippen LogP contribution in [0.5, 0.6) is 0 Å². The minimum atomic E-state index is -0.664. The van der Waals surface area contributed by atoms with Gasteiger partial charge in [-0.3, -0.25) is 14.9 Å². The van der Waals surface area contributed by atoms with Crippen molar-refractivity contribution >= 4 is 40.6 Å². The number of halogens is 1. The second-order valence-corrected chi connectivity index (χ2v) is 5.59. The average Bonchev–Trinajstić information content (AvgIpc) is 2.37. The Kier molecular flexibility index (Phi) is 5.44. The van der Waals surface area contributed by atoms with Gasteiger partial charge in [-0.2, -0.15) is 11.8 Å². The first-order valence-corrected chi connectivity index (χ1v) is 7.07. The van der Waals surface area contributed by atoms with E-state index in [1.807, 2.05) is 13.2 Å². The summed E-state index contributed by atoms with van der Waals surface area (Å²) in [7, 11) is 0. The number of nitrogens with zero attached hydrogens (tertiary/aromatic N) is 1. The molecule has 0 aliphatic heterocycles. The first-order valence-electron chi connectivity index (χ1n) is 5.41. The second kappa shape index (κ2) is 6.63. The maximum atomic E-state index is 11.9. The van der Waals surface area contributed by atoms with Gasteiger partial charge in [-0.25, -0.2) is 0 Å². The van der Waals surface area contributed by atoms with Gasteiger partial charge in [0.05, 0.1) is 9.95 Å². The standard InChI is InChI=1S/C11H14ClN3O3S/c1-6(19-2)5-14-11(16)7-3-8(12)10(13)9(4-7)15(17)18/h3-4,6H,5,13H2,1-2H3,(H,14,16). The zero-order chi connectivity index (χ0) is 14.6. The topological polar surface area (TPSA) is 98.3 Å². The number of thioether (sulfide) groups is 1. The number of carbonyl (C=O) groups excluding carboxylic acids is 1. The number of nitrogens with one attached hydrogen (secondary N) is 1. The Morgan fingerprint density at radius 3 is 2.79 bits per heavy atom. The van der Waals surface area contributed by atoms with Gasteiger partial charge in [-0.05, 0) is 12.3 Å². The minimum Gasteiger partial charge on any atom is -0.392 e. The quantitative estimate of drug-likeness (QED) is 0.494. The third-order valence-electron chi connectivity index (χ3n) is 2.52. The lowest BCUT2D eigenvalue weighted by Gasteiger charge is -2.10. The second-order valence-electron chi connectivity index (χ2n) is 3.90. The number of nitro benzene ring substituents is 1. The lowest BCUT2D eigenvalue weighted by atomic mass is 10.1. The van der Waals surface area contributed by atoms with E-state index in [-0.39, 0.29) is 27.2 Å². The molecule has 6 nitrogen and oxygen atoms in total. The lowest BCUT2D eigenvalue weighted by Crippen LogP contribution is -2.29. The van der Waals surface area contributed by atoms with E-state index in [1.54, 1.807) is 11.8 Å². The van der Waals surface area contributed by atoms with Crippen molar-refractivity contribution in [1.82, 2.24) is 5.32 Å². The van der Waals surface area contributed by atoms with Crippen molar-refractivity contribution in [3.05, 3.63) is 32.8 Å². The van der Waals surface area contributed by atoms with Crippen molar-refractivity contribution in [2.75, 3.05) is 18.5 Å². The minimum absolute atomic E-state index is 0.00253. The van der Waals surface area contributed by atoms with Crippen LogP contribution >= 0.6 is 23.4 Å². The molecule has 0 bridgehead atoms. The maximum absolute atomic E-state index is 11.9. The largest absolute Gasteiger partial charge is 0.392 e. The van der Waals surface area contributed by atoms with Gasteiger partial charge in [0, 0.05) is 23.4 Å². The summed E-state index contributed by atoms with van der Waals surface area (Å²) in [5.41, 5.74) is 5.11. The van der Waals surface area contributed by atoms with Gasteiger partial charge in [0.2, 0.25) is 0 Å². The van der Waals surface area contributed by atoms with Gasteiger partial charge < -0.3 is 11.1 Å². The number of hydrogen-bond acceptors (Lipinski definition) is 5. The summed E-state index contributed by atoms with van der Waals surface area (Å²) in [4.78, 5) is 22.0. The lowest BCUT2D eigenvalue weighted by molar-refractivity contribution is -0.383. The Morgan fingerprint density at radius 1 is 1.63 bits per heavy atom. The van der Waals surface area contributed by atoms with Crippen molar-refractivity contribution in [3.8, 4) is 0 Å². The van der Waals surface area contributed by atoms with Crippen LogP contribution in [0.15, 0.2) is 12.1 Å². The van der Waals surface area contributed by atoms with E-state index < -0.39 is 10.8 Å². The van der Waals surface area contributed by atoms with Crippen LogP contribution in [0.2, 0.25) is 5.02 Å². The number of rotatable bonds is 5. The molecule has 0 aliphatic carbocycles. The first kappa shape index (κ1) is 15.6. The van der Waals surface area contributed by atoms with Gasteiger partial charge in [-0.1, -0.05) is 18.5 Å². The zero-order valence-corrected chi connectivity index (χ0v) is 12.0. The Labute approximate surface area is 119 Å². The predicted molar refractivity (Wildman–Crippen MR) is 77.8 cm³/mol. The maximum Gasteiger partial charge on any atom is 0.294 e. The molecular weight excluding hydrogens is 290 g/mol. The summed E-state index contributed by atoms with van der Waals surface area (Å²) < 4.78 is 0. The van der Waals surface area contributed by atoms with Crippen LogP contribution in [0.25, 0.3) is 0 Å². The molecule has 0 spiro atoms. The van der Waals surface area contributed by atoms with Crippen LogP contribution in [0, 0.1) is 10.1 Å². The van der Waals surface area contributed by atoms with Gasteiger partial charge >= 0.3 is 0 Å². The average molecular weight is 304 g/mol. The van der Waals surface area contributed by atoms with Crippen molar-refractivity contribution in [3.63, 3.8) is 0 Å². The summed E-state index contributed by atoms with van der Waals surface area (Å²) in [5.74, 6) is -0.411. The molecule has 0 aromatic heterocycles. The highest BCUT2D eigenvalue weighted by molar-refractivity contribution is 7.99. The fourth-order valence-corrected chi connectivity index (χ4v) is 1.77. The smallest absolute Gasteiger partial charge is 0.294 e. The molecule has 0 aliphatic rings. The third kappa shape index (κ3) is 4.00. The van der Waals surface area contributed by atoms with Crippen LogP contribution in [-0.2, 0) is 0 Å². The number of benzene rings is 1. The SMILES string of the molecule is CSC(C)CNC(=O)c1cc(Cl)c(N)c([N+](=O)[O-])c1. The van der Waals surface area contributed by atoms with Crippen LogP contribution in [0.3, 0.4) is 0 Å². The number of nitrogen functional groups attached to an aromatic ring is 1. The normalized spacial score (nSPS) is 11.9. The van der Waals surface area contributed by atoms with Gasteiger partial charge in [0.1, 0.15) is 5.69 Å². The molecular formula is C11H14ClN3O3S. The van der Waals surface area contributed by atoms with E-state index in [1.165, 1.54) is 6.07 Å². The fraction of sp³-hybridized carbons (Fsp3) is 0.364. The summed E-state index contributed by atoms with van der Waals surface area (Å²) in [5, 5.41) is 13.7. The summed E-state index contributed by atoms with van der Waals surface area (Å²) in [6.07, 6.45) is 1.93. The van der Waals surface area contributed by atoms with Crippen LogP contribution < -0.4 is 11.1 Å². The Balaban J connectivity index is 2.95. The third-order valence-corrected chi connectivity index (χ3v) is 3.80. The molecule has 1 unspecified atom stereocenters. The van der Waals surface area contributed by atoms with E-state index in [4.69, 9.17) is 17.3 Å². The van der Waals surface area contributed by atoms with Gasteiger partial charge in [0.15, 0.2) is 0 Å². The molecule has 0 radical (unpaired) electrons.